The molecule has 0 unspecified atom stereocenters. The molecule has 7 nitrogen and oxygen atoms in total. The molecule has 1 aliphatic rings. The molecule has 0 saturated carbocycles. The summed E-state index contributed by atoms with van der Waals surface area (Å²) in [6, 6.07) is 12.8. The summed E-state index contributed by atoms with van der Waals surface area (Å²) in [7, 11) is -0.103. The second kappa shape index (κ2) is 9.70. The van der Waals surface area contributed by atoms with E-state index >= 15 is 0 Å². The number of sulfonamides is 1. The Hall–Kier alpha value is -2.26. The number of piperazine rings is 1. The van der Waals surface area contributed by atoms with Crippen molar-refractivity contribution in [1.82, 2.24) is 19.8 Å². The van der Waals surface area contributed by atoms with Crippen LogP contribution in [0.15, 0.2) is 47.4 Å². The van der Waals surface area contributed by atoms with Crippen LogP contribution in [0.4, 0.5) is 0 Å². The minimum absolute atomic E-state index is 0.0786. The van der Waals surface area contributed by atoms with Gasteiger partial charge in [-0.15, -0.1) is 0 Å². The molecular formula is C22H30N4O3S. The Labute approximate surface area is 179 Å². The summed E-state index contributed by atoms with van der Waals surface area (Å²) in [5, 5.41) is 2.91. The van der Waals surface area contributed by atoms with Crippen LogP contribution in [-0.4, -0.2) is 64.4 Å². The van der Waals surface area contributed by atoms with Gasteiger partial charge in [0.05, 0.1) is 4.90 Å². The van der Waals surface area contributed by atoms with Gasteiger partial charge in [-0.2, -0.15) is 0 Å². The van der Waals surface area contributed by atoms with Crippen molar-refractivity contribution >= 4 is 15.9 Å². The molecule has 0 aliphatic carbocycles. The van der Waals surface area contributed by atoms with Crippen molar-refractivity contribution in [3.05, 3.63) is 64.7 Å². The number of likely N-dealkylation sites (N-methyl/N-ethyl adjacent to an activating group) is 1. The molecule has 1 amide bonds. The van der Waals surface area contributed by atoms with Gasteiger partial charge in [-0.05, 0) is 49.8 Å². The lowest BCUT2D eigenvalue weighted by atomic mass is 10.1. The zero-order valence-electron chi connectivity index (χ0n) is 17.8. The number of carbonyl (C=O) groups is 1. The lowest BCUT2D eigenvalue weighted by molar-refractivity contribution is 0.0950. The lowest BCUT2D eigenvalue weighted by Crippen LogP contribution is -2.43. The van der Waals surface area contributed by atoms with E-state index in [9.17, 15) is 13.2 Å². The van der Waals surface area contributed by atoms with Crippen LogP contribution in [0.1, 0.15) is 27.0 Å². The van der Waals surface area contributed by atoms with E-state index in [-0.39, 0.29) is 10.8 Å². The molecule has 0 bridgehead atoms. The average molecular weight is 431 g/mol. The van der Waals surface area contributed by atoms with E-state index in [1.165, 1.54) is 24.7 Å². The molecule has 0 atom stereocenters. The van der Waals surface area contributed by atoms with E-state index in [0.717, 1.165) is 43.9 Å². The summed E-state index contributed by atoms with van der Waals surface area (Å²) in [6.07, 6.45) is 0. The fourth-order valence-electron chi connectivity index (χ4n) is 3.51. The first-order valence-electron chi connectivity index (χ1n) is 10.1. The topological polar surface area (TPSA) is 81.7 Å². The lowest BCUT2D eigenvalue weighted by Gasteiger charge is -2.32. The molecule has 0 spiro atoms. The molecule has 1 aliphatic heterocycles. The van der Waals surface area contributed by atoms with Gasteiger partial charge in [0.25, 0.3) is 5.91 Å². The highest BCUT2D eigenvalue weighted by atomic mass is 32.2. The molecule has 2 aromatic rings. The Morgan fingerprint density at radius 2 is 1.73 bits per heavy atom. The van der Waals surface area contributed by atoms with Gasteiger partial charge in [0.15, 0.2) is 0 Å². The second-order valence-corrected chi connectivity index (χ2v) is 9.65. The van der Waals surface area contributed by atoms with Crippen LogP contribution < -0.4 is 10.0 Å². The standard InChI is InChI=1S/C22H30N4O3S/c1-17-7-8-20(30(28,29)23-2)14-21(17)22(27)24-15-18-5-4-6-19(13-18)16-26-11-9-25(3)10-12-26/h4-8,13-14,23H,9-12,15-16H2,1-3H3,(H,24,27). The molecule has 2 N–H and O–H groups in total. The maximum atomic E-state index is 12.7. The Bertz CT molecular complexity index is 999. The smallest absolute Gasteiger partial charge is 0.251 e. The molecule has 0 radical (unpaired) electrons. The largest absolute Gasteiger partial charge is 0.348 e. The number of carbonyl (C=O) groups excluding carboxylic acids is 1. The molecule has 1 fully saturated rings. The molecular weight excluding hydrogens is 400 g/mol. The predicted molar refractivity (Wildman–Crippen MR) is 118 cm³/mol. The fraction of sp³-hybridized carbons (Fsp3) is 0.409. The van der Waals surface area contributed by atoms with Gasteiger partial charge in [0, 0.05) is 44.8 Å². The van der Waals surface area contributed by atoms with Gasteiger partial charge in [-0.25, -0.2) is 13.1 Å². The normalized spacial score (nSPS) is 15.8. The third-order valence-corrected chi connectivity index (χ3v) is 6.89. The van der Waals surface area contributed by atoms with Crippen molar-refractivity contribution < 1.29 is 13.2 Å². The zero-order chi connectivity index (χ0) is 21.7. The van der Waals surface area contributed by atoms with Gasteiger partial charge in [0.1, 0.15) is 0 Å². The van der Waals surface area contributed by atoms with Crippen LogP contribution in [0.3, 0.4) is 0 Å². The van der Waals surface area contributed by atoms with Crippen LogP contribution >= 0.6 is 0 Å². The van der Waals surface area contributed by atoms with Gasteiger partial charge in [-0.3, -0.25) is 9.69 Å². The van der Waals surface area contributed by atoms with Crippen molar-refractivity contribution in [1.29, 1.82) is 0 Å². The summed E-state index contributed by atoms with van der Waals surface area (Å²) >= 11 is 0. The first-order valence-corrected chi connectivity index (χ1v) is 11.6. The van der Waals surface area contributed by atoms with Crippen LogP contribution in [0.2, 0.25) is 0 Å². The molecule has 1 saturated heterocycles. The number of amides is 1. The van der Waals surface area contributed by atoms with Crippen molar-refractivity contribution in [3.8, 4) is 0 Å². The molecule has 8 heteroatoms. The molecule has 0 aromatic heterocycles. The summed E-state index contributed by atoms with van der Waals surface area (Å²) < 4.78 is 26.3. The third-order valence-electron chi connectivity index (χ3n) is 5.48. The van der Waals surface area contributed by atoms with E-state index < -0.39 is 10.0 Å². The summed E-state index contributed by atoms with van der Waals surface area (Å²) in [4.78, 5) is 17.6. The molecule has 1 heterocycles. The predicted octanol–water partition coefficient (Wildman–Crippen LogP) is 1.58. The van der Waals surface area contributed by atoms with Crippen molar-refractivity contribution in [2.75, 3.05) is 40.3 Å². The molecule has 2 aromatic carbocycles. The Morgan fingerprint density at radius 1 is 1.03 bits per heavy atom. The van der Waals surface area contributed by atoms with E-state index in [2.05, 4.69) is 39.0 Å². The van der Waals surface area contributed by atoms with Crippen LogP contribution in [0, 0.1) is 6.92 Å². The first kappa shape index (κ1) is 22.4. The number of nitrogens with one attached hydrogen (secondary N) is 2. The fourth-order valence-corrected chi connectivity index (χ4v) is 4.27. The van der Waals surface area contributed by atoms with Gasteiger partial charge in [-0.1, -0.05) is 30.3 Å². The summed E-state index contributed by atoms with van der Waals surface area (Å²) in [5.41, 5.74) is 3.34. The van der Waals surface area contributed by atoms with E-state index in [4.69, 9.17) is 0 Å². The monoisotopic (exact) mass is 430 g/mol. The second-order valence-electron chi connectivity index (χ2n) is 7.77. The number of benzene rings is 2. The van der Waals surface area contributed by atoms with E-state index in [1.807, 2.05) is 12.1 Å². The van der Waals surface area contributed by atoms with Gasteiger partial charge < -0.3 is 10.2 Å². The maximum Gasteiger partial charge on any atom is 0.251 e. The third kappa shape index (κ3) is 5.66. The van der Waals surface area contributed by atoms with Crippen LogP contribution in [-0.2, 0) is 23.1 Å². The maximum absolute atomic E-state index is 12.7. The highest BCUT2D eigenvalue weighted by Crippen LogP contribution is 2.16. The first-order chi connectivity index (χ1) is 14.3. The van der Waals surface area contributed by atoms with E-state index in [1.54, 1.807) is 13.0 Å². The molecule has 30 heavy (non-hydrogen) atoms. The van der Waals surface area contributed by atoms with E-state index in [0.29, 0.717) is 12.1 Å². The highest BCUT2D eigenvalue weighted by Gasteiger charge is 2.17. The minimum atomic E-state index is -3.60. The van der Waals surface area contributed by atoms with Gasteiger partial charge >= 0.3 is 0 Å². The number of nitrogens with zero attached hydrogens (tertiary/aromatic N) is 2. The summed E-state index contributed by atoms with van der Waals surface area (Å²) in [5.74, 6) is -0.287. The number of aryl methyl sites for hydroxylation is 1. The number of hydrogen-bond donors (Lipinski definition) is 2. The minimum Gasteiger partial charge on any atom is -0.348 e. The zero-order valence-corrected chi connectivity index (χ0v) is 18.6. The van der Waals surface area contributed by atoms with Crippen molar-refractivity contribution in [2.24, 2.45) is 0 Å². The number of hydrogen-bond acceptors (Lipinski definition) is 5. The number of rotatable bonds is 7. The van der Waals surface area contributed by atoms with Crippen LogP contribution in [0.25, 0.3) is 0 Å². The Balaban J connectivity index is 1.64. The summed E-state index contributed by atoms with van der Waals surface area (Å²) in [6.45, 7) is 7.36. The van der Waals surface area contributed by atoms with Crippen molar-refractivity contribution in [2.45, 2.75) is 24.9 Å². The van der Waals surface area contributed by atoms with Crippen molar-refractivity contribution in [3.63, 3.8) is 0 Å². The average Bonchev–Trinajstić information content (AvgIpc) is 2.74. The molecule has 162 valence electrons. The Morgan fingerprint density at radius 3 is 2.43 bits per heavy atom. The Kier molecular flexibility index (Phi) is 7.25. The molecule has 3 rings (SSSR count). The van der Waals surface area contributed by atoms with Crippen LogP contribution in [0.5, 0.6) is 0 Å². The van der Waals surface area contributed by atoms with Gasteiger partial charge in [0.2, 0.25) is 10.0 Å². The quantitative estimate of drug-likeness (QED) is 0.697. The SMILES string of the molecule is CNS(=O)(=O)c1ccc(C)c(C(=O)NCc2cccc(CN3CCN(C)CC3)c2)c1. The highest BCUT2D eigenvalue weighted by molar-refractivity contribution is 7.89.